The second-order valence-electron chi connectivity index (χ2n) is 4.26. The quantitative estimate of drug-likeness (QED) is 0.488. The van der Waals surface area contributed by atoms with E-state index in [0.29, 0.717) is 17.3 Å². The first-order chi connectivity index (χ1) is 8.49. The summed E-state index contributed by atoms with van der Waals surface area (Å²) in [6.07, 6.45) is 1.08. The number of Topliss-reactive ketones (excluding diaryl/α,β-unsaturated/α-hetero) is 2. The van der Waals surface area contributed by atoms with Gasteiger partial charge in [-0.25, -0.2) is 0 Å². The summed E-state index contributed by atoms with van der Waals surface area (Å²) in [5.74, 6) is -0.662. The van der Waals surface area contributed by atoms with Gasteiger partial charge in [0.05, 0.1) is 10.5 Å². The molecule has 1 unspecified atom stereocenters. The minimum Gasteiger partial charge on any atom is -0.300 e. The van der Waals surface area contributed by atoms with Crippen LogP contribution in [0.15, 0.2) is 22.7 Å². The Bertz CT molecular complexity index is 541. The second kappa shape index (κ2) is 4.97. The molecule has 0 N–H and O–H groups in total. The number of ketones is 2. The number of benzene rings is 1. The van der Waals surface area contributed by atoms with E-state index in [1.165, 1.54) is 12.1 Å². The molecule has 1 aromatic rings. The van der Waals surface area contributed by atoms with Gasteiger partial charge in [0.15, 0.2) is 5.78 Å². The van der Waals surface area contributed by atoms with Gasteiger partial charge < -0.3 is 0 Å². The molecule has 1 fully saturated rings. The van der Waals surface area contributed by atoms with E-state index in [1.807, 2.05) is 0 Å². The highest BCUT2D eigenvalue weighted by Gasteiger charge is 2.32. The highest BCUT2D eigenvalue weighted by molar-refractivity contribution is 9.10. The molecule has 94 valence electrons. The van der Waals surface area contributed by atoms with Gasteiger partial charge in [-0.2, -0.15) is 0 Å². The molecule has 0 bridgehead atoms. The molecule has 5 nitrogen and oxygen atoms in total. The van der Waals surface area contributed by atoms with Crippen molar-refractivity contribution in [3.63, 3.8) is 0 Å². The first-order valence-corrected chi connectivity index (χ1v) is 6.28. The molecule has 1 saturated carbocycles. The van der Waals surface area contributed by atoms with Crippen molar-refractivity contribution in [2.75, 3.05) is 0 Å². The largest absolute Gasteiger partial charge is 0.300 e. The third-order valence-electron chi connectivity index (χ3n) is 3.04. The zero-order chi connectivity index (χ0) is 13.3. The van der Waals surface area contributed by atoms with Crippen molar-refractivity contribution in [3.8, 4) is 0 Å². The van der Waals surface area contributed by atoms with Gasteiger partial charge in [-0.1, -0.05) is 15.9 Å². The molecule has 0 aliphatic heterocycles. The van der Waals surface area contributed by atoms with Crippen molar-refractivity contribution in [2.45, 2.75) is 19.3 Å². The Morgan fingerprint density at radius 1 is 1.44 bits per heavy atom. The number of nitro groups is 1. The summed E-state index contributed by atoms with van der Waals surface area (Å²) in [6.45, 7) is 0. The highest BCUT2D eigenvalue weighted by atomic mass is 79.9. The molecule has 0 aromatic heterocycles. The van der Waals surface area contributed by atoms with Crippen LogP contribution in [0.4, 0.5) is 5.69 Å². The maximum Gasteiger partial charge on any atom is 0.281 e. The van der Waals surface area contributed by atoms with Crippen molar-refractivity contribution < 1.29 is 14.5 Å². The highest BCUT2D eigenvalue weighted by Crippen LogP contribution is 2.31. The average Bonchev–Trinajstić information content (AvgIpc) is 2.75. The van der Waals surface area contributed by atoms with Gasteiger partial charge in [-0.3, -0.25) is 19.7 Å². The lowest BCUT2D eigenvalue weighted by molar-refractivity contribution is -0.385. The zero-order valence-electron chi connectivity index (χ0n) is 9.39. The lowest BCUT2D eigenvalue weighted by Gasteiger charge is -2.07. The third-order valence-corrected chi connectivity index (χ3v) is 3.53. The number of nitro benzene ring substituents is 1. The molecule has 0 saturated heterocycles. The minimum atomic E-state index is -0.575. The fourth-order valence-electron chi connectivity index (χ4n) is 2.12. The lowest BCUT2D eigenvalue weighted by atomic mass is 9.95. The van der Waals surface area contributed by atoms with Crippen LogP contribution in [0.3, 0.4) is 0 Å². The van der Waals surface area contributed by atoms with Gasteiger partial charge >= 0.3 is 0 Å². The molecule has 0 amide bonds. The Hall–Kier alpha value is -1.56. The summed E-state index contributed by atoms with van der Waals surface area (Å²) >= 11 is 3.14. The molecule has 0 heterocycles. The SMILES string of the molecule is O=C1CCC(C(=O)c2ccc(Br)cc2[N+](=O)[O-])C1. The predicted octanol–water partition coefficient (Wildman–Crippen LogP) is 2.91. The summed E-state index contributed by atoms with van der Waals surface area (Å²) in [6, 6.07) is 4.34. The minimum absolute atomic E-state index is 0.0492. The van der Waals surface area contributed by atoms with E-state index < -0.39 is 10.8 Å². The fourth-order valence-corrected chi connectivity index (χ4v) is 2.47. The Morgan fingerprint density at radius 3 is 2.72 bits per heavy atom. The fraction of sp³-hybridized carbons (Fsp3) is 0.333. The van der Waals surface area contributed by atoms with E-state index in [4.69, 9.17) is 0 Å². The Labute approximate surface area is 111 Å². The van der Waals surface area contributed by atoms with Crippen LogP contribution in [0.2, 0.25) is 0 Å². The number of halogens is 1. The second-order valence-corrected chi connectivity index (χ2v) is 5.18. The van der Waals surface area contributed by atoms with Crippen LogP contribution in [-0.4, -0.2) is 16.5 Å². The topological polar surface area (TPSA) is 77.3 Å². The van der Waals surface area contributed by atoms with Crippen molar-refractivity contribution in [1.29, 1.82) is 0 Å². The molecule has 1 aliphatic carbocycles. The zero-order valence-corrected chi connectivity index (χ0v) is 11.0. The van der Waals surface area contributed by atoms with Crippen LogP contribution in [0.1, 0.15) is 29.6 Å². The molecule has 1 aromatic carbocycles. The van der Waals surface area contributed by atoms with Crippen LogP contribution in [0.25, 0.3) is 0 Å². The van der Waals surface area contributed by atoms with Crippen LogP contribution in [0.5, 0.6) is 0 Å². The van der Waals surface area contributed by atoms with Crippen LogP contribution >= 0.6 is 15.9 Å². The van der Waals surface area contributed by atoms with E-state index in [9.17, 15) is 19.7 Å². The molecule has 6 heteroatoms. The Balaban J connectivity index is 2.35. The van der Waals surface area contributed by atoms with Crippen molar-refractivity contribution in [3.05, 3.63) is 38.3 Å². The summed E-state index contributed by atoms with van der Waals surface area (Å²) in [5, 5.41) is 10.9. The van der Waals surface area contributed by atoms with E-state index >= 15 is 0 Å². The molecular formula is C12H10BrNO4. The van der Waals surface area contributed by atoms with Crippen molar-refractivity contribution in [1.82, 2.24) is 0 Å². The molecule has 0 spiro atoms. The molecule has 1 atom stereocenters. The normalized spacial score (nSPS) is 18.9. The number of rotatable bonds is 3. The molecule has 0 radical (unpaired) electrons. The number of carbonyl (C=O) groups is 2. The first kappa shape index (κ1) is 12.9. The van der Waals surface area contributed by atoms with Crippen LogP contribution in [0, 0.1) is 16.0 Å². The van der Waals surface area contributed by atoms with Crippen LogP contribution in [-0.2, 0) is 4.79 Å². The van der Waals surface area contributed by atoms with Gasteiger partial charge in [0, 0.05) is 29.3 Å². The Kier molecular flexibility index (Phi) is 3.56. The van der Waals surface area contributed by atoms with E-state index in [1.54, 1.807) is 6.07 Å². The molecule has 18 heavy (non-hydrogen) atoms. The number of carbonyl (C=O) groups excluding carboxylic acids is 2. The lowest BCUT2D eigenvalue weighted by Crippen LogP contribution is -2.13. The molecule has 2 rings (SSSR count). The van der Waals surface area contributed by atoms with Gasteiger partial charge in [0.25, 0.3) is 5.69 Å². The van der Waals surface area contributed by atoms with Crippen LogP contribution < -0.4 is 0 Å². The monoisotopic (exact) mass is 311 g/mol. The van der Waals surface area contributed by atoms with E-state index in [0.717, 1.165) is 0 Å². The third kappa shape index (κ3) is 2.48. The Morgan fingerprint density at radius 2 is 2.17 bits per heavy atom. The maximum absolute atomic E-state index is 12.2. The van der Waals surface area contributed by atoms with E-state index in [2.05, 4.69) is 15.9 Å². The smallest absolute Gasteiger partial charge is 0.281 e. The van der Waals surface area contributed by atoms with Gasteiger partial charge in [0.2, 0.25) is 0 Å². The molecular weight excluding hydrogens is 302 g/mol. The van der Waals surface area contributed by atoms with Gasteiger partial charge in [-0.15, -0.1) is 0 Å². The molecule has 1 aliphatic rings. The van der Waals surface area contributed by atoms with Crippen molar-refractivity contribution >= 4 is 33.2 Å². The predicted molar refractivity (Wildman–Crippen MR) is 67.5 cm³/mol. The van der Waals surface area contributed by atoms with Gasteiger partial charge in [-0.05, 0) is 18.6 Å². The summed E-state index contributed by atoms with van der Waals surface area (Å²) in [4.78, 5) is 33.7. The first-order valence-electron chi connectivity index (χ1n) is 5.49. The summed E-state index contributed by atoms with van der Waals surface area (Å²) < 4.78 is 0.549. The standard InChI is InChI=1S/C12H10BrNO4/c13-8-2-4-10(11(6-8)14(17)18)12(16)7-1-3-9(15)5-7/h2,4,6-7H,1,3,5H2. The van der Waals surface area contributed by atoms with E-state index in [-0.39, 0.29) is 29.2 Å². The maximum atomic E-state index is 12.2. The van der Waals surface area contributed by atoms with Gasteiger partial charge in [0.1, 0.15) is 5.78 Å². The number of nitrogens with zero attached hydrogens (tertiary/aromatic N) is 1. The number of hydrogen-bond acceptors (Lipinski definition) is 4. The number of hydrogen-bond donors (Lipinski definition) is 0. The summed E-state index contributed by atoms with van der Waals surface area (Å²) in [7, 11) is 0. The average molecular weight is 312 g/mol. The summed E-state index contributed by atoms with van der Waals surface area (Å²) in [5.41, 5.74) is -0.128. The van der Waals surface area contributed by atoms with Crippen molar-refractivity contribution in [2.24, 2.45) is 5.92 Å².